The predicted molar refractivity (Wildman–Crippen MR) is 109 cm³/mol. The quantitative estimate of drug-likeness (QED) is 0.658. The molecule has 30 heavy (non-hydrogen) atoms. The van der Waals surface area contributed by atoms with Crippen LogP contribution in [0, 0.1) is 0 Å². The maximum Gasteiger partial charge on any atom is 0.264 e. The van der Waals surface area contributed by atoms with E-state index in [1.54, 1.807) is 0 Å². The number of ether oxygens (including phenoxy) is 2. The summed E-state index contributed by atoms with van der Waals surface area (Å²) >= 11 is 0. The Kier molecular flexibility index (Phi) is 4.80. The van der Waals surface area contributed by atoms with Gasteiger partial charge in [-0.15, -0.1) is 0 Å². The third-order valence-corrected chi connectivity index (χ3v) is 5.02. The van der Waals surface area contributed by atoms with Crippen molar-refractivity contribution in [3.05, 3.63) is 65.9 Å². The van der Waals surface area contributed by atoms with Crippen LogP contribution >= 0.6 is 0 Å². The molecule has 152 valence electrons. The lowest BCUT2D eigenvalue weighted by atomic mass is 10.0. The van der Waals surface area contributed by atoms with Gasteiger partial charge in [0.2, 0.25) is 12.9 Å². The van der Waals surface area contributed by atoms with Crippen molar-refractivity contribution >= 4 is 11.6 Å². The highest BCUT2D eigenvalue weighted by atomic mass is 16.7. The highest BCUT2D eigenvalue weighted by molar-refractivity contribution is 5.94. The number of nitrogens with one attached hydrogen (secondary N) is 2. The monoisotopic (exact) mass is 404 g/mol. The Hall–Kier alpha value is -3.81. The van der Waals surface area contributed by atoms with Crippen LogP contribution in [0.4, 0.5) is 0 Å². The summed E-state index contributed by atoms with van der Waals surface area (Å²) < 4.78 is 10.7. The van der Waals surface area contributed by atoms with Crippen molar-refractivity contribution in [3.8, 4) is 22.8 Å². The minimum Gasteiger partial charge on any atom is -0.454 e. The van der Waals surface area contributed by atoms with Gasteiger partial charge in [0.15, 0.2) is 11.5 Å². The van der Waals surface area contributed by atoms with Crippen LogP contribution in [0.15, 0.2) is 59.8 Å². The molecule has 8 heteroatoms. The minimum absolute atomic E-state index is 0.199. The number of hydrogen-bond acceptors (Lipinski definition) is 6. The molecule has 2 aliphatic heterocycles. The van der Waals surface area contributed by atoms with Crippen LogP contribution in [0.2, 0.25) is 0 Å². The zero-order valence-electron chi connectivity index (χ0n) is 16.1. The van der Waals surface area contributed by atoms with Crippen LogP contribution in [0.5, 0.6) is 11.5 Å². The third-order valence-electron chi connectivity index (χ3n) is 5.02. The van der Waals surface area contributed by atoms with Crippen molar-refractivity contribution < 1.29 is 19.1 Å². The number of nitrogens with zero attached hydrogens (tertiary/aromatic N) is 2. The van der Waals surface area contributed by atoms with Crippen LogP contribution in [-0.4, -0.2) is 34.7 Å². The fourth-order valence-corrected chi connectivity index (χ4v) is 3.46. The highest BCUT2D eigenvalue weighted by Crippen LogP contribution is 2.33. The van der Waals surface area contributed by atoms with Crippen molar-refractivity contribution in [1.82, 2.24) is 15.5 Å². The molecule has 1 atom stereocenters. The zero-order valence-corrected chi connectivity index (χ0v) is 16.1. The van der Waals surface area contributed by atoms with Crippen molar-refractivity contribution in [3.63, 3.8) is 0 Å². The number of carbonyl (C=O) groups is 1. The summed E-state index contributed by atoms with van der Waals surface area (Å²) in [6, 6.07) is 17.6. The highest BCUT2D eigenvalue weighted by Gasteiger charge is 2.28. The smallest absolute Gasteiger partial charge is 0.264 e. The Labute approximate surface area is 172 Å². The van der Waals surface area contributed by atoms with Crippen molar-refractivity contribution in [2.75, 3.05) is 6.79 Å². The third kappa shape index (κ3) is 3.84. The first-order valence-corrected chi connectivity index (χ1v) is 9.72. The van der Waals surface area contributed by atoms with Gasteiger partial charge in [0.05, 0.1) is 23.6 Å². The van der Waals surface area contributed by atoms with Gasteiger partial charge >= 0.3 is 0 Å². The molecule has 1 aromatic heterocycles. The van der Waals surface area contributed by atoms with E-state index in [1.807, 2.05) is 54.6 Å². The summed E-state index contributed by atoms with van der Waals surface area (Å²) in [6.45, 7) is 0.588. The summed E-state index contributed by atoms with van der Waals surface area (Å²) in [7, 11) is 0. The molecule has 2 N–H and O–H groups in total. The topological polar surface area (TPSA) is 97.8 Å². The molecule has 1 unspecified atom stereocenters. The van der Waals surface area contributed by atoms with E-state index in [4.69, 9.17) is 14.3 Å². The van der Waals surface area contributed by atoms with Crippen molar-refractivity contribution in [1.29, 1.82) is 0 Å². The second-order valence-corrected chi connectivity index (χ2v) is 7.18. The summed E-state index contributed by atoms with van der Waals surface area (Å²) in [5.41, 5.74) is 4.54. The molecule has 3 aromatic rings. The molecule has 3 heterocycles. The average Bonchev–Trinajstić information content (AvgIpc) is 3.53. The van der Waals surface area contributed by atoms with E-state index in [2.05, 4.69) is 20.7 Å². The number of fused-ring (bicyclic) bond motifs is 1. The number of aromatic amines is 1. The Balaban J connectivity index is 1.13. The number of benzene rings is 2. The van der Waals surface area contributed by atoms with Gasteiger partial charge in [0.1, 0.15) is 0 Å². The van der Waals surface area contributed by atoms with E-state index in [0.29, 0.717) is 19.4 Å². The zero-order chi connectivity index (χ0) is 20.3. The molecule has 0 aliphatic carbocycles. The number of rotatable bonds is 6. The first-order chi connectivity index (χ1) is 14.7. The first kappa shape index (κ1) is 18.2. The molecular weight excluding hydrogens is 384 g/mol. The molecule has 2 aliphatic rings. The van der Waals surface area contributed by atoms with Crippen LogP contribution in [0.25, 0.3) is 11.3 Å². The summed E-state index contributed by atoms with van der Waals surface area (Å²) in [5.74, 6) is 1.28. The van der Waals surface area contributed by atoms with Gasteiger partial charge in [0.25, 0.3) is 5.91 Å². The van der Waals surface area contributed by atoms with E-state index in [1.165, 1.54) is 0 Å². The van der Waals surface area contributed by atoms with Crippen LogP contribution in [0.3, 0.4) is 0 Å². The lowest BCUT2D eigenvalue weighted by molar-refractivity contribution is -0.131. The average molecular weight is 404 g/mol. The Bertz CT molecular complexity index is 1090. The standard InChI is InChI=1S/C22H20N4O4/c27-22(23-12-17-10-18(25-24-17)15-4-2-1-3-5-15)21-11-16(26-30-21)8-14-6-7-19-20(9-14)29-13-28-19/h1-7,9-10,21H,8,11-13H2,(H,23,27)(H,24,25). The normalized spacial score (nSPS) is 16.8. The molecule has 0 fully saturated rings. The Morgan fingerprint density at radius 3 is 2.87 bits per heavy atom. The van der Waals surface area contributed by atoms with Gasteiger partial charge in [-0.1, -0.05) is 41.6 Å². The second-order valence-electron chi connectivity index (χ2n) is 7.18. The van der Waals surface area contributed by atoms with Crippen LogP contribution in [0.1, 0.15) is 17.7 Å². The summed E-state index contributed by atoms with van der Waals surface area (Å²) in [4.78, 5) is 17.8. The number of oxime groups is 1. The molecule has 0 radical (unpaired) electrons. The van der Waals surface area contributed by atoms with E-state index in [0.717, 1.165) is 39.7 Å². The fraction of sp³-hybridized carbons (Fsp3) is 0.227. The Morgan fingerprint density at radius 2 is 1.97 bits per heavy atom. The van der Waals surface area contributed by atoms with Crippen LogP contribution < -0.4 is 14.8 Å². The molecular formula is C22H20N4O4. The molecule has 1 amide bonds. The Morgan fingerprint density at radius 1 is 1.10 bits per heavy atom. The number of aromatic nitrogens is 2. The van der Waals surface area contributed by atoms with Crippen molar-refractivity contribution in [2.24, 2.45) is 5.16 Å². The lowest BCUT2D eigenvalue weighted by Crippen LogP contribution is -2.34. The largest absolute Gasteiger partial charge is 0.454 e. The minimum atomic E-state index is -0.620. The van der Waals surface area contributed by atoms with E-state index in [-0.39, 0.29) is 12.7 Å². The number of amides is 1. The molecule has 0 saturated carbocycles. The molecule has 0 spiro atoms. The van der Waals surface area contributed by atoms with Gasteiger partial charge < -0.3 is 19.6 Å². The van der Waals surface area contributed by atoms with Crippen molar-refractivity contribution in [2.45, 2.75) is 25.5 Å². The number of hydrogen-bond donors (Lipinski definition) is 2. The molecule has 0 bridgehead atoms. The van der Waals surface area contributed by atoms with E-state index >= 15 is 0 Å². The van der Waals surface area contributed by atoms with Crippen LogP contribution in [-0.2, 0) is 22.6 Å². The molecule has 5 rings (SSSR count). The predicted octanol–water partition coefficient (Wildman–Crippen LogP) is 2.81. The van der Waals surface area contributed by atoms with Gasteiger partial charge in [-0.3, -0.25) is 9.89 Å². The summed E-state index contributed by atoms with van der Waals surface area (Å²) in [6.07, 6.45) is 0.436. The van der Waals surface area contributed by atoms with Gasteiger partial charge in [-0.05, 0) is 23.8 Å². The van der Waals surface area contributed by atoms with Gasteiger partial charge in [-0.25, -0.2) is 0 Å². The second kappa shape index (κ2) is 7.90. The first-order valence-electron chi connectivity index (χ1n) is 9.72. The maximum atomic E-state index is 12.5. The SMILES string of the molecule is O=C(NCc1cc(-c2ccccc2)n[nH]1)C1CC(Cc2ccc3c(c2)OCO3)=NO1. The lowest BCUT2D eigenvalue weighted by Gasteiger charge is -2.08. The molecule has 0 saturated heterocycles. The molecule has 8 nitrogen and oxygen atoms in total. The number of carbonyl (C=O) groups excluding carboxylic acids is 1. The maximum absolute atomic E-state index is 12.5. The van der Waals surface area contributed by atoms with Gasteiger partial charge in [0, 0.05) is 18.4 Å². The fourth-order valence-electron chi connectivity index (χ4n) is 3.46. The van der Waals surface area contributed by atoms with Gasteiger partial charge in [-0.2, -0.15) is 5.10 Å². The summed E-state index contributed by atoms with van der Waals surface area (Å²) in [5, 5.41) is 14.2. The molecule has 2 aromatic carbocycles. The van der Waals surface area contributed by atoms with E-state index in [9.17, 15) is 4.79 Å². The van der Waals surface area contributed by atoms with E-state index < -0.39 is 6.10 Å². The number of H-pyrrole nitrogens is 1.